The Morgan fingerprint density at radius 1 is 1.25 bits per heavy atom. The number of aliphatic imine (C=N–C) groups is 1. The average molecular weight is 577 g/mol. The normalized spacial score (nSPS) is 15.3. The molecule has 0 bridgehead atoms. The lowest BCUT2D eigenvalue weighted by Crippen LogP contribution is -2.52. The van der Waals surface area contributed by atoms with Crippen LogP contribution >= 0.6 is 35.7 Å². The van der Waals surface area contributed by atoms with Gasteiger partial charge in [0, 0.05) is 64.8 Å². The van der Waals surface area contributed by atoms with Crippen LogP contribution in [0.15, 0.2) is 27.0 Å². The Morgan fingerprint density at radius 3 is 2.66 bits per heavy atom. The molecular weight excluding hydrogens is 539 g/mol. The van der Waals surface area contributed by atoms with Gasteiger partial charge in [0.15, 0.2) is 11.1 Å². The molecule has 3 heterocycles. The third-order valence-corrected chi connectivity index (χ3v) is 5.89. The number of nitrogens with one attached hydrogen (secondary N) is 1. The molecule has 0 radical (unpaired) electrons. The van der Waals surface area contributed by atoms with Gasteiger partial charge in [-0.1, -0.05) is 30.8 Å². The third kappa shape index (κ3) is 7.91. The predicted octanol–water partition coefficient (Wildman–Crippen LogP) is 2.98. The van der Waals surface area contributed by atoms with Crippen LogP contribution in [0.5, 0.6) is 0 Å². The fourth-order valence-corrected chi connectivity index (χ4v) is 4.24. The van der Waals surface area contributed by atoms with Crippen LogP contribution in [0.25, 0.3) is 0 Å². The molecule has 0 amide bonds. The molecule has 3 rings (SSSR count). The van der Waals surface area contributed by atoms with Gasteiger partial charge in [-0.2, -0.15) is 0 Å². The molecule has 2 aromatic rings. The molecule has 11 heteroatoms. The number of aromatic nitrogens is 4. The van der Waals surface area contributed by atoms with Crippen molar-refractivity contribution < 1.29 is 4.52 Å². The first-order valence-electron chi connectivity index (χ1n) is 11.2. The van der Waals surface area contributed by atoms with E-state index in [1.807, 2.05) is 6.07 Å². The van der Waals surface area contributed by atoms with Crippen molar-refractivity contribution in [1.29, 1.82) is 0 Å². The second-order valence-corrected chi connectivity index (χ2v) is 8.97. The van der Waals surface area contributed by atoms with Crippen molar-refractivity contribution in [2.75, 3.05) is 45.5 Å². The largest absolute Gasteiger partial charge is 0.364 e. The molecule has 1 aliphatic rings. The Balaban J connectivity index is 0.00000363. The molecule has 1 saturated heterocycles. The summed E-state index contributed by atoms with van der Waals surface area (Å²) in [4.78, 5) is 9.66. The van der Waals surface area contributed by atoms with Crippen LogP contribution in [-0.4, -0.2) is 81.2 Å². The van der Waals surface area contributed by atoms with E-state index in [1.165, 1.54) is 0 Å². The summed E-state index contributed by atoms with van der Waals surface area (Å²) in [6, 6.07) is 1.93. The van der Waals surface area contributed by atoms with Crippen molar-refractivity contribution in [3.63, 3.8) is 0 Å². The van der Waals surface area contributed by atoms with Crippen molar-refractivity contribution in [2.24, 2.45) is 10.9 Å². The summed E-state index contributed by atoms with van der Waals surface area (Å²) in [7, 11) is 0. The van der Waals surface area contributed by atoms with Gasteiger partial charge in [0.2, 0.25) is 0 Å². The number of hydrogen-bond acceptors (Lipinski definition) is 7. The van der Waals surface area contributed by atoms with E-state index >= 15 is 0 Å². The fourth-order valence-electron chi connectivity index (χ4n) is 3.72. The topological polar surface area (TPSA) is 87.6 Å². The molecule has 0 aliphatic carbocycles. The van der Waals surface area contributed by atoms with Crippen LogP contribution < -0.4 is 5.32 Å². The van der Waals surface area contributed by atoms with Gasteiger partial charge in [-0.3, -0.25) is 9.89 Å². The molecule has 0 atom stereocenters. The Hall–Kier alpha value is -1.34. The predicted molar refractivity (Wildman–Crippen MR) is 140 cm³/mol. The van der Waals surface area contributed by atoms with Crippen LogP contribution in [0, 0.1) is 5.92 Å². The van der Waals surface area contributed by atoms with Crippen LogP contribution in [0.3, 0.4) is 0 Å². The summed E-state index contributed by atoms with van der Waals surface area (Å²) in [6.45, 7) is 13.9. The maximum atomic E-state index is 4.94. The number of halogens is 1. The van der Waals surface area contributed by atoms with Gasteiger partial charge in [0.25, 0.3) is 0 Å². The monoisotopic (exact) mass is 576 g/mol. The van der Waals surface area contributed by atoms with Gasteiger partial charge in [0.1, 0.15) is 12.1 Å². The van der Waals surface area contributed by atoms with Gasteiger partial charge in [-0.05, 0) is 25.5 Å². The van der Waals surface area contributed by atoms with E-state index in [9.17, 15) is 0 Å². The molecule has 0 saturated carbocycles. The van der Waals surface area contributed by atoms with Gasteiger partial charge in [-0.25, -0.2) is 0 Å². The average Bonchev–Trinajstić information content (AvgIpc) is 3.40. The number of nitrogens with zero attached hydrogens (tertiary/aromatic N) is 7. The first-order valence-corrected chi connectivity index (χ1v) is 12.4. The second kappa shape index (κ2) is 14.0. The minimum atomic E-state index is 0. The summed E-state index contributed by atoms with van der Waals surface area (Å²) < 4.78 is 7.20. The SMILES string of the molecule is CCNC(=NCCCc1nnc(SC)n1CC(C)C)N1CCN(Cc2ccon2)CC1.I. The molecule has 0 spiro atoms. The quantitative estimate of drug-likeness (QED) is 0.152. The lowest BCUT2D eigenvalue weighted by molar-refractivity contribution is 0.169. The first kappa shape index (κ1) is 26.9. The highest BCUT2D eigenvalue weighted by molar-refractivity contribution is 14.0. The number of hydrogen-bond donors (Lipinski definition) is 1. The first-order chi connectivity index (χ1) is 15.1. The molecule has 32 heavy (non-hydrogen) atoms. The van der Waals surface area contributed by atoms with E-state index in [-0.39, 0.29) is 24.0 Å². The van der Waals surface area contributed by atoms with E-state index in [2.05, 4.69) is 62.1 Å². The summed E-state index contributed by atoms with van der Waals surface area (Å²) >= 11 is 1.66. The van der Waals surface area contributed by atoms with Crippen molar-refractivity contribution >= 4 is 41.7 Å². The zero-order chi connectivity index (χ0) is 22.1. The molecule has 0 aromatic carbocycles. The number of guanidine groups is 1. The molecule has 9 nitrogen and oxygen atoms in total. The van der Waals surface area contributed by atoms with Gasteiger partial charge in [-0.15, -0.1) is 34.2 Å². The van der Waals surface area contributed by atoms with Crippen LogP contribution in [-0.2, 0) is 19.5 Å². The fraction of sp³-hybridized carbons (Fsp3) is 0.714. The van der Waals surface area contributed by atoms with E-state index < -0.39 is 0 Å². The maximum Gasteiger partial charge on any atom is 0.194 e. The van der Waals surface area contributed by atoms with Gasteiger partial charge < -0.3 is 19.3 Å². The minimum Gasteiger partial charge on any atom is -0.364 e. The third-order valence-electron chi connectivity index (χ3n) is 5.23. The van der Waals surface area contributed by atoms with Gasteiger partial charge >= 0.3 is 0 Å². The minimum absolute atomic E-state index is 0. The molecule has 0 unspecified atom stereocenters. The van der Waals surface area contributed by atoms with E-state index in [4.69, 9.17) is 9.52 Å². The smallest absolute Gasteiger partial charge is 0.194 e. The zero-order valence-electron chi connectivity index (χ0n) is 19.7. The Kier molecular flexibility index (Phi) is 11.8. The van der Waals surface area contributed by atoms with E-state index in [1.54, 1.807) is 18.0 Å². The van der Waals surface area contributed by atoms with Crippen molar-refractivity contribution in [1.82, 2.24) is 35.0 Å². The standard InChI is InChI=1S/C21H36N8OS.HI/c1-5-22-20(28-12-10-27(11-13-28)16-18-8-14-30-26-18)23-9-6-7-19-24-25-21(31-4)29(19)15-17(2)3;/h8,14,17H,5-7,9-13,15-16H2,1-4H3,(H,22,23);1H. The van der Waals surface area contributed by atoms with E-state index in [0.717, 1.165) is 87.8 Å². The highest BCUT2D eigenvalue weighted by Crippen LogP contribution is 2.17. The number of piperazine rings is 1. The Bertz CT molecular complexity index is 803. The lowest BCUT2D eigenvalue weighted by Gasteiger charge is -2.36. The maximum absolute atomic E-state index is 4.94. The zero-order valence-corrected chi connectivity index (χ0v) is 22.8. The molecule has 1 fully saturated rings. The summed E-state index contributed by atoms with van der Waals surface area (Å²) in [5, 5.41) is 17.2. The van der Waals surface area contributed by atoms with Crippen LogP contribution in [0.2, 0.25) is 0 Å². The van der Waals surface area contributed by atoms with Crippen molar-refractivity contribution in [3.05, 3.63) is 23.8 Å². The second-order valence-electron chi connectivity index (χ2n) is 8.20. The summed E-state index contributed by atoms with van der Waals surface area (Å²) in [5.41, 5.74) is 0.990. The molecule has 180 valence electrons. The molecular formula is C21H37IN8OS. The number of aryl methyl sites for hydroxylation is 1. The van der Waals surface area contributed by atoms with E-state index in [0.29, 0.717) is 5.92 Å². The van der Waals surface area contributed by atoms with Crippen molar-refractivity contribution in [3.8, 4) is 0 Å². The number of rotatable bonds is 10. The highest BCUT2D eigenvalue weighted by Gasteiger charge is 2.20. The number of thioether (sulfide) groups is 1. The van der Waals surface area contributed by atoms with Crippen LogP contribution in [0.1, 0.15) is 38.7 Å². The summed E-state index contributed by atoms with van der Waals surface area (Å²) in [6.07, 6.45) is 5.55. The Labute approximate surface area is 212 Å². The molecule has 1 N–H and O–H groups in total. The van der Waals surface area contributed by atoms with Crippen LogP contribution in [0.4, 0.5) is 0 Å². The highest BCUT2D eigenvalue weighted by atomic mass is 127. The molecule has 2 aromatic heterocycles. The molecule has 1 aliphatic heterocycles. The van der Waals surface area contributed by atoms with Gasteiger partial charge in [0.05, 0.1) is 5.69 Å². The Morgan fingerprint density at radius 2 is 2.03 bits per heavy atom. The summed E-state index contributed by atoms with van der Waals surface area (Å²) in [5.74, 6) is 2.65. The van der Waals surface area contributed by atoms with Crippen molar-refractivity contribution in [2.45, 2.75) is 51.9 Å². The lowest BCUT2D eigenvalue weighted by atomic mass is 10.2.